The number of guanidine groups is 1. The summed E-state index contributed by atoms with van der Waals surface area (Å²) in [4.78, 5) is 6.37. The lowest BCUT2D eigenvalue weighted by Crippen LogP contribution is -2.44. The Morgan fingerprint density at radius 3 is 2.76 bits per heavy atom. The van der Waals surface area contributed by atoms with Gasteiger partial charge in [-0.1, -0.05) is 18.2 Å². The molecule has 1 fully saturated rings. The normalized spacial score (nSPS) is 17.9. The van der Waals surface area contributed by atoms with E-state index in [4.69, 9.17) is 9.47 Å². The Balaban J connectivity index is 0.00000306. The van der Waals surface area contributed by atoms with Gasteiger partial charge in [-0.25, -0.2) is 0 Å². The monoisotopic (exact) mass is 574 g/mol. The molecule has 0 radical (unpaired) electrons. The Morgan fingerprint density at radius 1 is 1.18 bits per heavy atom. The summed E-state index contributed by atoms with van der Waals surface area (Å²) >= 11 is 0. The van der Waals surface area contributed by atoms with Crippen molar-refractivity contribution in [3.63, 3.8) is 0 Å². The fraction of sp³-hybridized carbons (Fsp3) is 0.435. The van der Waals surface area contributed by atoms with Gasteiger partial charge in [-0.3, -0.25) is 4.99 Å². The van der Waals surface area contributed by atoms with Crippen molar-refractivity contribution in [3.8, 4) is 17.2 Å². The molecule has 33 heavy (non-hydrogen) atoms. The number of halogens is 3. The highest BCUT2D eigenvalue weighted by molar-refractivity contribution is 14.0. The first-order valence-corrected chi connectivity index (χ1v) is 10.8. The van der Waals surface area contributed by atoms with Crippen molar-refractivity contribution in [2.75, 3.05) is 38.3 Å². The molecule has 1 atom stereocenters. The molecule has 2 aliphatic rings. The molecule has 0 aliphatic carbocycles. The van der Waals surface area contributed by atoms with E-state index in [1.165, 1.54) is 0 Å². The van der Waals surface area contributed by atoms with E-state index in [1.807, 2.05) is 29.2 Å². The lowest BCUT2D eigenvalue weighted by atomic mass is 10.2. The van der Waals surface area contributed by atoms with Crippen molar-refractivity contribution in [2.45, 2.75) is 32.0 Å². The van der Waals surface area contributed by atoms with Crippen LogP contribution >= 0.6 is 24.0 Å². The van der Waals surface area contributed by atoms with Crippen molar-refractivity contribution >= 4 is 35.6 Å². The van der Waals surface area contributed by atoms with E-state index >= 15 is 0 Å². The minimum absolute atomic E-state index is 0. The highest BCUT2D eigenvalue weighted by Crippen LogP contribution is 2.32. The zero-order chi connectivity index (χ0) is 22.3. The molecule has 1 unspecified atom stereocenters. The van der Waals surface area contributed by atoms with Crippen molar-refractivity contribution < 1.29 is 23.0 Å². The molecular weight excluding hydrogens is 545 g/mol. The second-order valence-corrected chi connectivity index (χ2v) is 7.68. The van der Waals surface area contributed by atoms with Gasteiger partial charge in [0.15, 0.2) is 17.5 Å². The second kappa shape index (κ2) is 12.1. The summed E-state index contributed by atoms with van der Waals surface area (Å²) in [6, 6.07) is 12.9. The quantitative estimate of drug-likeness (QED) is 0.309. The molecule has 0 aromatic heterocycles. The van der Waals surface area contributed by atoms with Gasteiger partial charge >= 0.3 is 6.61 Å². The SMILES string of the molecule is CN=C(NCc1ccc2c(c1)OCCCO2)NC1CCN(c2ccccc2OC(F)F)C1.I. The number of hydrogen-bond donors (Lipinski definition) is 2. The molecule has 4 rings (SSSR count). The minimum atomic E-state index is -2.85. The van der Waals surface area contributed by atoms with Crippen LogP contribution in [-0.4, -0.2) is 52.0 Å². The number of hydrogen-bond acceptors (Lipinski definition) is 5. The van der Waals surface area contributed by atoms with E-state index in [1.54, 1.807) is 25.2 Å². The molecule has 2 heterocycles. The number of anilines is 1. The summed E-state index contributed by atoms with van der Waals surface area (Å²) in [6.07, 6.45) is 1.73. The molecule has 180 valence electrons. The van der Waals surface area contributed by atoms with E-state index in [0.717, 1.165) is 36.4 Å². The highest BCUT2D eigenvalue weighted by atomic mass is 127. The third-order valence-electron chi connectivity index (χ3n) is 5.45. The third kappa shape index (κ3) is 6.75. The van der Waals surface area contributed by atoms with Crippen LogP contribution in [0.25, 0.3) is 0 Å². The van der Waals surface area contributed by atoms with Crippen LogP contribution in [0.3, 0.4) is 0 Å². The summed E-state index contributed by atoms with van der Waals surface area (Å²) in [5, 5.41) is 6.75. The van der Waals surface area contributed by atoms with Gasteiger partial charge in [-0.2, -0.15) is 8.78 Å². The first-order chi connectivity index (χ1) is 15.6. The molecule has 2 aromatic rings. The predicted octanol–water partition coefficient (Wildman–Crippen LogP) is 4.01. The number of ether oxygens (including phenoxy) is 3. The maximum Gasteiger partial charge on any atom is 0.387 e. The van der Waals surface area contributed by atoms with E-state index in [0.29, 0.717) is 38.0 Å². The van der Waals surface area contributed by atoms with Crippen molar-refractivity contribution in [1.29, 1.82) is 0 Å². The molecule has 7 nitrogen and oxygen atoms in total. The number of benzene rings is 2. The van der Waals surface area contributed by atoms with E-state index in [9.17, 15) is 8.78 Å². The first-order valence-electron chi connectivity index (χ1n) is 10.8. The van der Waals surface area contributed by atoms with Crippen LogP contribution in [0.2, 0.25) is 0 Å². The molecule has 0 amide bonds. The van der Waals surface area contributed by atoms with Gasteiger partial charge in [0, 0.05) is 39.1 Å². The first kappa shape index (κ1) is 25.1. The number of aliphatic imine (C=N–C) groups is 1. The summed E-state index contributed by atoms with van der Waals surface area (Å²) in [5.74, 6) is 2.41. The maximum absolute atomic E-state index is 12.7. The van der Waals surface area contributed by atoms with E-state index in [-0.39, 0.29) is 35.8 Å². The van der Waals surface area contributed by atoms with Gasteiger partial charge in [-0.15, -0.1) is 24.0 Å². The van der Waals surface area contributed by atoms with Crippen LogP contribution in [0.5, 0.6) is 17.2 Å². The lowest BCUT2D eigenvalue weighted by molar-refractivity contribution is -0.0495. The molecular formula is C23H29F2IN4O3. The van der Waals surface area contributed by atoms with Crippen molar-refractivity contribution in [1.82, 2.24) is 10.6 Å². The molecule has 0 saturated carbocycles. The van der Waals surface area contributed by atoms with Crippen LogP contribution in [0, 0.1) is 0 Å². The van der Waals surface area contributed by atoms with Crippen LogP contribution < -0.4 is 29.7 Å². The average Bonchev–Trinajstić information content (AvgIpc) is 3.12. The summed E-state index contributed by atoms with van der Waals surface area (Å²) in [7, 11) is 1.72. The maximum atomic E-state index is 12.7. The Morgan fingerprint density at radius 2 is 1.97 bits per heavy atom. The zero-order valence-electron chi connectivity index (χ0n) is 18.4. The Hall–Kier alpha value is -2.50. The predicted molar refractivity (Wildman–Crippen MR) is 134 cm³/mol. The topological polar surface area (TPSA) is 67.4 Å². The van der Waals surface area contributed by atoms with E-state index in [2.05, 4.69) is 20.4 Å². The number of rotatable bonds is 6. The summed E-state index contributed by atoms with van der Waals surface area (Å²) in [5.41, 5.74) is 1.73. The van der Waals surface area contributed by atoms with Gasteiger partial charge < -0.3 is 29.7 Å². The van der Waals surface area contributed by atoms with Gasteiger partial charge in [0.1, 0.15) is 5.75 Å². The fourth-order valence-corrected chi connectivity index (χ4v) is 3.90. The Bertz CT molecular complexity index is 948. The summed E-state index contributed by atoms with van der Waals surface area (Å²) in [6.45, 7) is 0.447. The fourth-order valence-electron chi connectivity index (χ4n) is 3.90. The van der Waals surface area contributed by atoms with E-state index < -0.39 is 6.61 Å². The van der Waals surface area contributed by atoms with Gasteiger partial charge in [0.05, 0.1) is 18.9 Å². The average molecular weight is 574 g/mol. The molecule has 2 aromatic carbocycles. The van der Waals surface area contributed by atoms with Crippen molar-refractivity contribution in [2.24, 2.45) is 4.99 Å². The Kier molecular flexibility index (Phi) is 9.21. The molecule has 0 bridgehead atoms. The van der Waals surface area contributed by atoms with Crippen LogP contribution in [0.4, 0.5) is 14.5 Å². The smallest absolute Gasteiger partial charge is 0.387 e. The largest absolute Gasteiger partial charge is 0.490 e. The van der Waals surface area contributed by atoms with Crippen LogP contribution in [0.1, 0.15) is 18.4 Å². The zero-order valence-corrected chi connectivity index (χ0v) is 20.8. The van der Waals surface area contributed by atoms with Gasteiger partial charge in [0.25, 0.3) is 0 Å². The third-order valence-corrected chi connectivity index (χ3v) is 5.45. The number of nitrogens with zero attached hydrogens (tertiary/aromatic N) is 2. The Labute approximate surface area is 209 Å². The molecule has 1 saturated heterocycles. The molecule has 2 N–H and O–H groups in total. The number of fused-ring (bicyclic) bond motifs is 1. The standard InChI is InChI=1S/C23H28F2N4O3.HI/c1-26-23(27-14-16-7-8-20-21(13-16)31-12-4-11-30-20)28-17-9-10-29(15-17)18-5-2-3-6-19(18)32-22(24)25;/h2-3,5-8,13,17,22H,4,9-12,14-15H2,1H3,(H2,26,27,28);1H. The molecule has 0 spiro atoms. The number of alkyl halides is 2. The van der Waals surface area contributed by atoms with Crippen molar-refractivity contribution in [3.05, 3.63) is 48.0 Å². The molecule has 10 heteroatoms. The number of para-hydroxylation sites is 2. The van der Waals surface area contributed by atoms with Crippen LogP contribution in [0.15, 0.2) is 47.5 Å². The molecule has 2 aliphatic heterocycles. The van der Waals surface area contributed by atoms with Gasteiger partial charge in [-0.05, 0) is 36.2 Å². The van der Waals surface area contributed by atoms with Gasteiger partial charge in [0.2, 0.25) is 0 Å². The second-order valence-electron chi connectivity index (χ2n) is 7.68. The lowest BCUT2D eigenvalue weighted by Gasteiger charge is -2.22. The number of nitrogens with one attached hydrogen (secondary N) is 2. The summed E-state index contributed by atoms with van der Waals surface area (Å²) < 4.78 is 41.6. The minimum Gasteiger partial charge on any atom is -0.490 e. The highest BCUT2D eigenvalue weighted by Gasteiger charge is 2.26. The van der Waals surface area contributed by atoms with Crippen LogP contribution in [-0.2, 0) is 6.54 Å².